The van der Waals surface area contributed by atoms with Crippen LogP contribution in [0.1, 0.15) is 10.4 Å². The Morgan fingerprint density at radius 1 is 1.46 bits per heavy atom. The molecule has 0 saturated carbocycles. The molecule has 0 heterocycles. The zero-order valence-corrected chi connectivity index (χ0v) is 6.95. The molecular weight excluding hydrogens is 198 g/mol. The van der Waals surface area contributed by atoms with Crippen molar-refractivity contribution in [1.29, 1.82) is 0 Å². The number of nitro groups is 1. The lowest BCUT2D eigenvalue weighted by atomic mass is 10.2. The van der Waals surface area contributed by atoms with Crippen molar-refractivity contribution in [2.24, 2.45) is 0 Å². The van der Waals surface area contributed by atoms with Crippen molar-refractivity contribution >= 4 is 23.3 Å². The number of hydrogen-bond acceptors (Lipinski definition) is 4. The van der Waals surface area contributed by atoms with Gasteiger partial charge in [-0.25, -0.2) is 0 Å². The summed E-state index contributed by atoms with van der Waals surface area (Å²) >= 11 is 5.44. The Balaban J connectivity index is 3.20. The molecule has 5 nitrogen and oxygen atoms in total. The van der Waals surface area contributed by atoms with Crippen LogP contribution >= 0.6 is 11.6 Å². The van der Waals surface area contributed by atoms with E-state index in [-0.39, 0.29) is 16.3 Å². The van der Waals surface area contributed by atoms with Crippen LogP contribution < -0.4 is 5.11 Å². The Labute approximate surface area is 77.7 Å². The second-order valence-electron chi connectivity index (χ2n) is 2.21. The Morgan fingerprint density at radius 3 is 2.46 bits per heavy atom. The van der Waals surface area contributed by atoms with Crippen molar-refractivity contribution in [3.8, 4) is 0 Å². The molecule has 1 rings (SSSR count). The highest BCUT2D eigenvalue weighted by Crippen LogP contribution is 2.24. The van der Waals surface area contributed by atoms with Crippen molar-refractivity contribution < 1.29 is 14.8 Å². The summed E-state index contributed by atoms with van der Waals surface area (Å²) in [6, 6.07) is 3.07. The first-order chi connectivity index (χ1) is 6.02. The van der Waals surface area contributed by atoms with E-state index < -0.39 is 10.9 Å². The highest BCUT2D eigenvalue weighted by molar-refractivity contribution is 6.32. The third-order valence-electron chi connectivity index (χ3n) is 1.38. The molecule has 68 valence electrons. The van der Waals surface area contributed by atoms with Crippen LogP contribution in [0.15, 0.2) is 18.2 Å². The number of nitrogens with zero attached hydrogens (tertiary/aromatic N) is 1. The van der Waals surface area contributed by atoms with Crippen LogP contribution in [0.5, 0.6) is 0 Å². The van der Waals surface area contributed by atoms with E-state index in [1.807, 2.05) is 0 Å². The van der Waals surface area contributed by atoms with Gasteiger partial charge in [-0.1, -0.05) is 11.6 Å². The lowest BCUT2D eigenvalue weighted by molar-refractivity contribution is -0.384. The molecule has 0 radical (unpaired) electrons. The normalized spacial score (nSPS) is 9.62. The first-order valence-electron chi connectivity index (χ1n) is 3.17. The van der Waals surface area contributed by atoms with Gasteiger partial charge in [0.25, 0.3) is 5.69 Å². The molecule has 1 aromatic rings. The van der Waals surface area contributed by atoms with Crippen LogP contribution in [-0.4, -0.2) is 10.9 Å². The maximum Gasteiger partial charge on any atom is 0.287 e. The number of nitro benzene ring substituents is 1. The SMILES string of the molecule is O=C([O-])c1ccc([N+](=O)[O-])c(Cl)c1. The average molecular weight is 201 g/mol. The molecule has 6 heteroatoms. The minimum absolute atomic E-state index is 0.185. The second kappa shape index (κ2) is 3.40. The largest absolute Gasteiger partial charge is 0.545 e. The Morgan fingerprint density at radius 2 is 2.08 bits per heavy atom. The molecular formula is C7H3ClNO4-. The molecule has 0 aliphatic carbocycles. The minimum Gasteiger partial charge on any atom is -0.545 e. The van der Waals surface area contributed by atoms with Gasteiger partial charge in [-0.05, 0) is 17.7 Å². The number of carboxylic acids is 1. The standard InChI is InChI=1S/C7H4ClNO4/c8-5-3-4(7(10)11)1-2-6(5)9(12)13/h1-3H,(H,10,11)/p-1. The molecule has 0 amide bonds. The maximum atomic E-state index is 10.3. The van der Waals surface area contributed by atoms with Gasteiger partial charge in [-0.3, -0.25) is 10.1 Å². The van der Waals surface area contributed by atoms with Crippen molar-refractivity contribution in [3.05, 3.63) is 38.9 Å². The first kappa shape index (κ1) is 9.47. The molecule has 0 atom stereocenters. The number of hydrogen-bond donors (Lipinski definition) is 0. The number of benzene rings is 1. The summed E-state index contributed by atoms with van der Waals surface area (Å²) in [7, 11) is 0. The van der Waals surface area contributed by atoms with Crippen molar-refractivity contribution in [1.82, 2.24) is 0 Å². The maximum absolute atomic E-state index is 10.3. The summed E-state index contributed by atoms with van der Waals surface area (Å²) < 4.78 is 0. The zero-order valence-electron chi connectivity index (χ0n) is 6.19. The predicted molar refractivity (Wildman–Crippen MR) is 42.4 cm³/mol. The predicted octanol–water partition coefficient (Wildman–Crippen LogP) is 0.612. The summed E-state index contributed by atoms with van der Waals surface area (Å²) in [5.41, 5.74) is -0.512. The fraction of sp³-hybridized carbons (Fsp3) is 0. The number of carbonyl (C=O) groups is 1. The van der Waals surface area contributed by atoms with Gasteiger partial charge in [0.15, 0.2) is 0 Å². The van der Waals surface area contributed by atoms with Gasteiger partial charge in [-0.15, -0.1) is 0 Å². The molecule has 1 aromatic carbocycles. The summed E-state index contributed by atoms with van der Waals surface area (Å²) in [5, 5.41) is 20.3. The van der Waals surface area contributed by atoms with E-state index in [2.05, 4.69) is 0 Å². The van der Waals surface area contributed by atoms with E-state index in [9.17, 15) is 20.0 Å². The Kier molecular flexibility index (Phi) is 2.48. The molecule has 13 heavy (non-hydrogen) atoms. The lowest BCUT2D eigenvalue weighted by Crippen LogP contribution is -2.22. The molecule has 0 aliphatic rings. The van der Waals surface area contributed by atoms with Crippen LogP contribution in [0, 0.1) is 10.1 Å². The van der Waals surface area contributed by atoms with Crippen LogP contribution in [0.3, 0.4) is 0 Å². The van der Waals surface area contributed by atoms with E-state index in [0.717, 1.165) is 18.2 Å². The fourth-order valence-corrected chi connectivity index (χ4v) is 1.03. The Hall–Kier alpha value is -1.62. The van der Waals surface area contributed by atoms with Gasteiger partial charge in [0, 0.05) is 6.07 Å². The van der Waals surface area contributed by atoms with Crippen LogP contribution in [0.4, 0.5) is 5.69 Å². The fourth-order valence-electron chi connectivity index (χ4n) is 0.782. The first-order valence-corrected chi connectivity index (χ1v) is 3.55. The number of carbonyl (C=O) groups excluding carboxylic acids is 1. The summed E-state index contributed by atoms with van der Waals surface area (Å²) in [6.07, 6.45) is 0. The van der Waals surface area contributed by atoms with Gasteiger partial charge >= 0.3 is 0 Å². The average Bonchev–Trinajstić information content (AvgIpc) is 2.03. The smallest absolute Gasteiger partial charge is 0.287 e. The quantitative estimate of drug-likeness (QED) is 0.517. The van der Waals surface area contributed by atoms with Crippen molar-refractivity contribution in [2.45, 2.75) is 0 Å². The molecule has 0 unspecified atom stereocenters. The van der Waals surface area contributed by atoms with Crippen LogP contribution in [0.25, 0.3) is 0 Å². The van der Waals surface area contributed by atoms with Gasteiger partial charge in [-0.2, -0.15) is 0 Å². The Bertz CT molecular complexity index is 377. The topological polar surface area (TPSA) is 83.3 Å². The van der Waals surface area contributed by atoms with E-state index in [0.29, 0.717) is 0 Å². The lowest BCUT2D eigenvalue weighted by Gasteiger charge is -2.01. The highest BCUT2D eigenvalue weighted by Gasteiger charge is 2.11. The van der Waals surface area contributed by atoms with Crippen molar-refractivity contribution in [2.75, 3.05) is 0 Å². The van der Waals surface area contributed by atoms with Crippen LogP contribution in [-0.2, 0) is 0 Å². The number of carboxylic acid groups (broad SMARTS) is 1. The van der Waals surface area contributed by atoms with Gasteiger partial charge in [0.2, 0.25) is 0 Å². The summed E-state index contributed by atoms with van der Waals surface area (Å²) in [4.78, 5) is 19.9. The minimum atomic E-state index is -1.42. The molecule has 0 aromatic heterocycles. The number of aromatic carboxylic acids is 1. The molecule has 0 spiro atoms. The molecule has 0 N–H and O–H groups in total. The third-order valence-corrected chi connectivity index (χ3v) is 1.68. The van der Waals surface area contributed by atoms with E-state index in [4.69, 9.17) is 11.6 Å². The number of rotatable bonds is 2. The van der Waals surface area contributed by atoms with Gasteiger partial charge < -0.3 is 9.90 Å². The summed E-state index contributed by atoms with van der Waals surface area (Å²) in [5.74, 6) is -1.42. The van der Waals surface area contributed by atoms with Crippen molar-refractivity contribution in [3.63, 3.8) is 0 Å². The van der Waals surface area contributed by atoms with Crippen LogP contribution in [0.2, 0.25) is 5.02 Å². The number of halogens is 1. The molecule has 0 bridgehead atoms. The zero-order chi connectivity index (χ0) is 10.0. The molecule has 0 aliphatic heterocycles. The summed E-state index contributed by atoms with van der Waals surface area (Å²) in [6.45, 7) is 0. The van der Waals surface area contributed by atoms with Gasteiger partial charge in [0.1, 0.15) is 5.02 Å². The molecule has 0 saturated heterocycles. The van der Waals surface area contributed by atoms with E-state index >= 15 is 0 Å². The van der Waals surface area contributed by atoms with E-state index in [1.54, 1.807) is 0 Å². The van der Waals surface area contributed by atoms with Gasteiger partial charge in [0.05, 0.1) is 10.9 Å². The second-order valence-corrected chi connectivity index (χ2v) is 2.62. The third kappa shape index (κ3) is 1.94. The van der Waals surface area contributed by atoms with E-state index in [1.165, 1.54) is 0 Å². The highest BCUT2D eigenvalue weighted by atomic mass is 35.5. The molecule has 0 fully saturated rings. The monoisotopic (exact) mass is 200 g/mol.